The number of hydrogen-bond acceptors (Lipinski definition) is 10. The number of ether oxygens (including phenoxy) is 2. The summed E-state index contributed by atoms with van der Waals surface area (Å²) in [6.45, 7) is 5.86. The van der Waals surface area contributed by atoms with Gasteiger partial charge in [-0.3, -0.25) is 4.79 Å². The van der Waals surface area contributed by atoms with Crippen LogP contribution in [0.25, 0.3) is 11.3 Å². The number of hydrogen-bond donors (Lipinski definition) is 2. The Hall–Kier alpha value is -3.77. The predicted octanol–water partition coefficient (Wildman–Crippen LogP) is 2.79. The fourth-order valence-corrected chi connectivity index (χ4v) is 5.53. The second kappa shape index (κ2) is 10.2. The van der Waals surface area contributed by atoms with Crippen molar-refractivity contribution < 1.29 is 22.7 Å². The molecule has 0 radical (unpaired) electrons. The van der Waals surface area contributed by atoms with E-state index < -0.39 is 15.9 Å². The molecule has 11 nitrogen and oxygen atoms in total. The molecule has 5 rings (SSSR count). The second-order valence-corrected chi connectivity index (χ2v) is 11.4. The van der Waals surface area contributed by atoms with Crippen molar-refractivity contribution in [3.8, 4) is 17.1 Å². The molecule has 0 saturated carbocycles. The molecule has 0 unspecified atom stereocenters. The molecule has 0 aliphatic carbocycles. The highest BCUT2D eigenvalue weighted by molar-refractivity contribution is 7.90. The van der Waals surface area contributed by atoms with Gasteiger partial charge in [-0.1, -0.05) is 6.07 Å². The normalized spacial score (nSPS) is 16.8. The van der Waals surface area contributed by atoms with Gasteiger partial charge in [0.15, 0.2) is 5.03 Å². The highest BCUT2D eigenvalue weighted by Gasteiger charge is 2.42. The number of pyridine rings is 3. The second-order valence-electron chi connectivity index (χ2n) is 9.72. The van der Waals surface area contributed by atoms with Gasteiger partial charge in [0, 0.05) is 30.9 Å². The van der Waals surface area contributed by atoms with Gasteiger partial charge in [-0.05, 0) is 63.4 Å². The third-order valence-electron chi connectivity index (χ3n) is 6.70. The molecule has 0 atom stereocenters. The van der Waals surface area contributed by atoms with Crippen molar-refractivity contribution in [2.75, 3.05) is 30.3 Å². The van der Waals surface area contributed by atoms with E-state index in [1.807, 2.05) is 24.8 Å². The Kier molecular flexibility index (Phi) is 6.93. The highest BCUT2D eigenvalue weighted by Crippen LogP contribution is 2.38. The number of piperidine rings is 1. The zero-order chi connectivity index (χ0) is 26.9. The molecule has 5 heterocycles. The fraction of sp³-hybridized carbons (Fsp3) is 0.385. The van der Waals surface area contributed by atoms with Crippen molar-refractivity contribution >= 4 is 27.6 Å². The molecule has 12 heteroatoms. The average molecular weight is 539 g/mol. The molecule has 0 bridgehead atoms. The lowest BCUT2D eigenvalue weighted by molar-refractivity contribution is -0.158. The lowest BCUT2D eigenvalue weighted by Crippen LogP contribution is -2.52. The number of anilines is 2. The van der Waals surface area contributed by atoms with E-state index in [4.69, 9.17) is 20.2 Å². The van der Waals surface area contributed by atoms with E-state index in [-0.39, 0.29) is 28.1 Å². The first-order valence-corrected chi connectivity index (χ1v) is 14.0. The number of nitrogens with one attached hydrogen (secondary N) is 1. The molecule has 3 aromatic heterocycles. The van der Waals surface area contributed by atoms with Gasteiger partial charge in [0.2, 0.25) is 5.88 Å². The molecule has 2 fully saturated rings. The average Bonchev–Trinajstić information content (AvgIpc) is 2.87. The van der Waals surface area contributed by atoms with Crippen LogP contribution in [-0.2, 0) is 14.8 Å². The van der Waals surface area contributed by atoms with Crippen molar-refractivity contribution in [2.24, 2.45) is 0 Å². The summed E-state index contributed by atoms with van der Waals surface area (Å²) in [7, 11) is -4.25. The van der Waals surface area contributed by atoms with Crippen molar-refractivity contribution in [1.29, 1.82) is 0 Å². The summed E-state index contributed by atoms with van der Waals surface area (Å²) in [5, 5.41) is -0.339. The Labute approximate surface area is 221 Å². The number of rotatable bonds is 7. The molecule has 2 aliphatic rings. The minimum absolute atomic E-state index is 0.00304. The largest absolute Gasteiger partial charge is 0.475 e. The lowest BCUT2D eigenvalue weighted by Gasteiger charge is -2.48. The van der Waals surface area contributed by atoms with Crippen LogP contribution >= 0.6 is 0 Å². The monoisotopic (exact) mass is 538 g/mol. The maximum absolute atomic E-state index is 13.3. The number of carbonyl (C=O) groups is 1. The van der Waals surface area contributed by atoms with Crippen molar-refractivity contribution in [3.63, 3.8) is 0 Å². The highest BCUT2D eigenvalue weighted by atomic mass is 32.2. The number of sulfonamides is 1. The maximum Gasteiger partial charge on any atom is 0.281 e. The smallest absolute Gasteiger partial charge is 0.281 e. The van der Waals surface area contributed by atoms with Gasteiger partial charge in [0.1, 0.15) is 11.6 Å². The first-order valence-electron chi connectivity index (χ1n) is 12.5. The van der Waals surface area contributed by atoms with Crippen LogP contribution in [0, 0.1) is 0 Å². The molecular formula is C26H30N6O5S. The van der Waals surface area contributed by atoms with Crippen LogP contribution in [0.2, 0.25) is 0 Å². The Morgan fingerprint density at radius 2 is 1.87 bits per heavy atom. The van der Waals surface area contributed by atoms with E-state index >= 15 is 0 Å². The lowest BCUT2D eigenvalue weighted by atomic mass is 9.84. The summed E-state index contributed by atoms with van der Waals surface area (Å²) < 4.78 is 39.3. The van der Waals surface area contributed by atoms with Crippen LogP contribution in [0.5, 0.6) is 5.88 Å². The number of carbonyl (C=O) groups excluding carboxylic acids is 1. The standard InChI is InChI=1S/C26H30N6O5S/c1-17(2)37-22-9-6-18(16-28-22)20-8-7-19(24(29-20)32-13-10-26(11-14-32)12-15-36-26)25(33)31-38(34,35)23-5-3-4-21(27)30-23/h3-9,16-17H,10-15H2,1-2H3,(H2,27,30)(H,31,33). The SMILES string of the molecule is CC(C)Oc1ccc(-c2ccc(C(=O)NS(=O)(=O)c3cccc(N)n3)c(N3CCC4(CCO4)CC3)n2)cn1. The van der Waals surface area contributed by atoms with Crippen molar-refractivity contribution in [1.82, 2.24) is 19.7 Å². The maximum atomic E-state index is 13.3. The minimum Gasteiger partial charge on any atom is -0.475 e. The van der Waals surface area contributed by atoms with Gasteiger partial charge in [-0.25, -0.2) is 19.7 Å². The summed E-state index contributed by atoms with van der Waals surface area (Å²) in [4.78, 5) is 28.3. The molecule has 2 aliphatic heterocycles. The fourth-order valence-electron chi connectivity index (χ4n) is 4.59. The molecule has 38 heavy (non-hydrogen) atoms. The Morgan fingerprint density at radius 1 is 1.11 bits per heavy atom. The van der Waals surface area contributed by atoms with Gasteiger partial charge < -0.3 is 20.1 Å². The van der Waals surface area contributed by atoms with Crippen LogP contribution in [0.4, 0.5) is 11.6 Å². The van der Waals surface area contributed by atoms with Gasteiger partial charge >= 0.3 is 0 Å². The quantitative estimate of drug-likeness (QED) is 0.460. The summed E-state index contributed by atoms with van der Waals surface area (Å²) in [6, 6.07) is 11.1. The van der Waals surface area contributed by atoms with Crippen molar-refractivity contribution in [3.05, 3.63) is 54.2 Å². The van der Waals surface area contributed by atoms with Gasteiger partial charge in [0.25, 0.3) is 15.9 Å². The van der Waals surface area contributed by atoms with Gasteiger partial charge in [-0.2, -0.15) is 8.42 Å². The number of nitrogen functional groups attached to an aromatic ring is 1. The first-order chi connectivity index (χ1) is 18.1. The van der Waals surface area contributed by atoms with E-state index in [1.165, 1.54) is 18.2 Å². The zero-order valence-electron chi connectivity index (χ0n) is 21.3. The summed E-state index contributed by atoms with van der Waals surface area (Å²) in [5.74, 6) is 0.128. The number of aromatic nitrogens is 3. The van der Waals surface area contributed by atoms with E-state index in [1.54, 1.807) is 24.4 Å². The molecule has 200 valence electrons. The third kappa shape index (κ3) is 5.41. The molecule has 3 aromatic rings. The molecule has 0 aromatic carbocycles. The third-order valence-corrected chi connectivity index (χ3v) is 7.93. The minimum atomic E-state index is -4.25. The van der Waals surface area contributed by atoms with Crippen LogP contribution < -0.4 is 20.1 Å². The molecular weight excluding hydrogens is 508 g/mol. The number of nitrogens with two attached hydrogens (primary N) is 1. The van der Waals surface area contributed by atoms with E-state index in [0.29, 0.717) is 30.5 Å². The van der Waals surface area contributed by atoms with Crippen LogP contribution in [0.3, 0.4) is 0 Å². The zero-order valence-corrected chi connectivity index (χ0v) is 22.1. The van der Waals surface area contributed by atoms with Gasteiger partial charge in [-0.15, -0.1) is 0 Å². The number of nitrogens with zero attached hydrogens (tertiary/aromatic N) is 4. The van der Waals surface area contributed by atoms with Crippen molar-refractivity contribution in [2.45, 2.75) is 49.8 Å². The molecule has 1 amide bonds. The molecule has 1 spiro atoms. The van der Waals surface area contributed by atoms with E-state index in [0.717, 1.165) is 31.4 Å². The number of amides is 1. The van der Waals surface area contributed by atoms with E-state index in [9.17, 15) is 13.2 Å². The molecule has 2 saturated heterocycles. The Morgan fingerprint density at radius 3 is 2.47 bits per heavy atom. The molecule has 3 N–H and O–H groups in total. The summed E-state index contributed by atoms with van der Waals surface area (Å²) >= 11 is 0. The van der Waals surface area contributed by atoms with Crippen LogP contribution in [0.15, 0.2) is 53.7 Å². The van der Waals surface area contributed by atoms with Crippen LogP contribution in [-0.4, -0.2) is 60.7 Å². The van der Waals surface area contributed by atoms with Gasteiger partial charge in [0.05, 0.1) is 29.6 Å². The Balaban J connectivity index is 1.46. The van der Waals surface area contributed by atoms with E-state index in [2.05, 4.69) is 14.7 Å². The predicted molar refractivity (Wildman–Crippen MR) is 141 cm³/mol. The summed E-state index contributed by atoms with van der Waals surface area (Å²) in [6.07, 6.45) is 4.27. The first kappa shape index (κ1) is 25.9. The topological polar surface area (TPSA) is 150 Å². The summed E-state index contributed by atoms with van der Waals surface area (Å²) in [5.41, 5.74) is 7.01. The Bertz CT molecular complexity index is 1430. The van der Waals surface area contributed by atoms with Crippen LogP contribution in [0.1, 0.15) is 43.5 Å².